The molecule has 0 aliphatic carbocycles. The Hall–Kier alpha value is -1.53. The lowest BCUT2D eigenvalue weighted by molar-refractivity contribution is -0.132. The molecule has 0 spiro atoms. The largest absolute Gasteiger partial charge is 0.339 e. The number of aromatic nitrogens is 3. The van der Waals surface area contributed by atoms with Gasteiger partial charge in [-0.05, 0) is 37.8 Å². The fourth-order valence-electron chi connectivity index (χ4n) is 3.28. The second kappa shape index (κ2) is 8.23. The fraction of sp³-hybridized carbons (Fsp3) is 0.500. The molecule has 5 nitrogen and oxygen atoms in total. The first-order valence-corrected chi connectivity index (χ1v) is 10.0. The molecule has 2 heterocycles. The second-order valence-electron chi connectivity index (χ2n) is 6.28. The van der Waals surface area contributed by atoms with E-state index in [2.05, 4.69) is 17.1 Å². The minimum atomic E-state index is 0.193. The maximum Gasteiger partial charge on any atom is 0.233 e. The van der Waals surface area contributed by atoms with Crippen molar-refractivity contribution in [2.45, 2.75) is 43.8 Å². The number of halogens is 1. The first-order valence-electron chi connectivity index (χ1n) is 8.68. The zero-order chi connectivity index (χ0) is 17.8. The molecule has 1 saturated heterocycles. The van der Waals surface area contributed by atoms with Crippen molar-refractivity contribution in [2.75, 3.05) is 12.3 Å². The lowest BCUT2D eigenvalue weighted by Crippen LogP contribution is -2.44. The standard InChI is InChI=1S/C18H23ClN4OS/c1-3-13-8-6-7-11-23(13)16(24)12-25-18-21-20-17(22(18)2)14-9-4-5-10-15(14)19/h4-5,9-10,13H,3,6-8,11-12H2,1-2H3/t13-/m0/s1. The number of nitrogens with zero attached hydrogens (tertiary/aromatic N) is 4. The summed E-state index contributed by atoms with van der Waals surface area (Å²) >= 11 is 7.69. The molecule has 1 aliphatic rings. The van der Waals surface area contributed by atoms with Crippen molar-refractivity contribution in [3.63, 3.8) is 0 Å². The van der Waals surface area contributed by atoms with Crippen LogP contribution in [0.25, 0.3) is 11.4 Å². The Labute approximate surface area is 157 Å². The molecule has 134 valence electrons. The Morgan fingerprint density at radius 3 is 2.88 bits per heavy atom. The Kier molecular flexibility index (Phi) is 6.02. The highest BCUT2D eigenvalue weighted by Crippen LogP contribution is 2.28. The van der Waals surface area contributed by atoms with E-state index in [1.54, 1.807) is 0 Å². The van der Waals surface area contributed by atoms with Crippen LogP contribution >= 0.6 is 23.4 Å². The minimum Gasteiger partial charge on any atom is -0.339 e. The van der Waals surface area contributed by atoms with Gasteiger partial charge in [-0.15, -0.1) is 10.2 Å². The van der Waals surface area contributed by atoms with E-state index in [1.807, 2.05) is 40.8 Å². The summed E-state index contributed by atoms with van der Waals surface area (Å²) in [5.41, 5.74) is 0.847. The number of likely N-dealkylation sites (tertiary alicyclic amines) is 1. The van der Waals surface area contributed by atoms with E-state index >= 15 is 0 Å². The molecule has 25 heavy (non-hydrogen) atoms. The molecule has 0 radical (unpaired) electrons. The number of amides is 1. The van der Waals surface area contributed by atoms with E-state index < -0.39 is 0 Å². The van der Waals surface area contributed by atoms with Crippen molar-refractivity contribution in [1.82, 2.24) is 19.7 Å². The average Bonchev–Trinajstić information content (AvgIpc) is 3.00. The van der Waals surface area contributed by atoms with E-state index in [-0.39, 0.29) is 5.91 Å². The average molecular weight is 379 g/mol. The van der Waals surface area contributed by atoms with Gasteiger partial charge in [0.25, 0.3) is 0 Å². The predicted octanol–water partition coefficient (Wildman–Crippen LogP) is 4.02. The van der Waals surface area contributed by atoms with Gasteiger partial charge in [0.05, 0.1) is 10.8 Å². The maximum absolute atomic E-state index is 12.6. The number of piperidine rings is 1. The molecule has 0 saturated carbocycles. The van der Waals surface area contributed by atoms with Crippen LogP contribution in [0.5, 0.6) is 0 Å². The molecule has 1 aliphatic heterocycles. The summed E-state index contributed by atoms with van der Waals surface area (Å²) in [6.07, 6.45) is 4.47. The van der Waals surface area contributed by atoms with Gasteiger partial charge in [0.2, 0.25) is 5.91 Å². The molecule has 7 heteroatoms. The van der Waals surface area contributed by atoms with Crippen molar-refractivity contribution in [1.29, 1.82) is 0 Å². The van der Waals surface area contributed by atoms with E-state index in [0.717, 1.165) is 36.5 Å². The summed E-state index contributed by atoms with van der Waals surface area (Å²) in [6.45, 7) is 3.03. The van der Waals surface area contributed by atoms with Crippen molar-refractivity contribution in [3.8, 4) is 11.4 Å². The number of rotatable bonds is 5. The number of carbonyl (C=O) groups is 1. The third-order valence-corrected chi connectivity index (χ3v) is 6.03. The Morgan fingerprint density at radius 1 is 1.32 bits per heavy atom. The van der Waals surface area contributed by atoms with Crippen LogP contribution in [0.15, 0.2) is 29.4 Å². The monoisotopic (exact) mass is 378 g/mol. The van der Waals surface area contributed by atoms with Crippen LogP contribution in [0.4, 0.5) is 0 Å². The second-order valence-corrected chi connectivity index (χ2v) is 7.63. The van der Waals surface area contributed by atoms with Crippen molar-refractivity contribution in [3.05, 3.63) is 29.3 Å². The highest BCUT2D eigenvalue weighted by atomic mass is 35.5. The van der Waals surface area contributed by atoms with Gasteiger partial charge in [-0.2, -0.15) is 0 Å². The molecule has 2 aromatic rings. The van der Waals surface area contributed by atoms with Gasteiger partial charge in [-0.1, -0.05) is 42.4 Å². The van der Waals surface area contributed by atoms with Crippen LogP contribution in [0.2, 0.25) is 5.02 Å². The molecule has 1 fully saturated rings. The van der Waals surface area contributed by atoms with E-state index in [0.29, 0.717) is 22.6 Å². The highest BCUT2D eigenvalue weighted by Gasteiger charge is 2.25. The number of hydrogen-bond donors (Lipinski definition) is 0. The zero-order valence-corrected chi connectivity index (χ0v) is 16.2. The molecule has 1 atom stereocenters. The molecule has 3 rings (SSSR count). The topological polar surface area (TPSA) is 51.0 Å². The van der Waals surface area contributed by atoms with Gasteiger partial charge < -0.3 is 9.47 Å². The Bertz CT molecular complexity index is 748. The zero-order valence-electron chi connectivity index (χ0n) is 14.6. The summed E-state index contributed by atoms with van der Waals surface area (Å²) in [5, 5.41) is 9.86. The number of benzene rings is 1. The minimum absolute atomic E-state index is 0.193. The van der Waals surface area contributed by atoms with Crippen LogP contribution < -0.4 is 0 Å². The van der Waals surface area contributed by atoms with Crippen LogP contribution in [0.3, 0.4) is 0 Å². The molecule has 0 bridgehead atoms. The van der Waals surface area contributed by atoms with Gasteiger partial charge in [-0.25, -0.2) is 0 Å². The smallest absolute Gasteiger partial charge is 0.233 e. The third-order valence-electron chi connectivity index (χ3n) is 4.69. The van der Waals surface area contributed by atoms with Crippen molar-refractivity contribution in [2.24, 2.45) is 7.05 Å². The summed E-state index contributed by atoms with van der Waals surface area (Å²) in [7, 11) is 1.90. The summed E-state index contributed by atoms with van der Waals surface area (Å²) in [6, 6.07) is 7.96. The van der Waals surface area contributed by atoms with E-state index in [4.69, 9.17) is 11.6 Å². The molecule has 1 aromatic carbocycles. The number of thioether (sulfide) groups is 1. The van der Waals surface area contributed by atoms with Gasteiger partial charge >= 0.3 is 0 Å². The maximum atomic E-state index is 12.6. The third kappa shape index (κ3) is 4.01. The first-order chi connectivity index (χ1) is 12.1. The SMILES string of the molecule is CC[C@H]1CCCCN1C(=O)CSc1nnc(-c2ccccc2Cl)n1C. The van der Waals surface area contributed by atoms with Gasteiger partial charge in [0, 0.05) is 25.2 Å². The normalized spacial score (nSPS) is 17.7. The van der Waals surface area contributed by atoms with Crippen LogP contribution in [-0.4, -0.2) is 43.9 Å². The quantitative estimate of drug-likeness (QED) is 0.737. The van der Waals surface area contributed by atoms with Gasteiger partial charge in [-0.3, -0.25) is 4.79 Å². The molecular weight excluding hydrogens is 356 g/mol. The summed E-state index contributed by atoms with van der Waals surface area (Å²) in [4.78, 5) is 14.7. The first kappa shape index (κ1) is 18.3. The molecule has 1 aromatic heterocycles. The van der Waals surface area contributed by atoms with Crippen LogP contribution in [0.1, 0.15) is 32.6 Å². The Balaban J connectivity index is 1.68. The van der Waals surface area contributed by atoms with E-state index in [9.17, 15) is 4.79 Å². The van der Waals surface area contributed by atoms with Crippen LogP contribution in [-0.2, 0) is 11.8 Å². The molecule has 0 unspecified atom stereocenters. The predicted molar refractivity (Wildman–Crippen MR) is 102 cm³/mol. The number of hydrogen-bond acceptors (Lipinski definition) is 4. The molecule has 0 N–H and O–H groups in total. The van der Waals surface area contributed by atoms with Gasteiger partial charge in [0.1, 0.15) is 0 Å². The van der Waals surface area contributed by atoms with Crippen LogP contribution in [0, 0.1) is 0 Å². The lowest BCUT2D eigenvalue weighted by Gasteiger charge is -2.35. The molecular formula is C18H23ClN4OS. The van der Waals surface area contributed by atoms with E-state index in [1.165, 1.54) is 18.2 Å². The fourth-order valence-corrected chi connectivity index (χ4v) is 4.30. The number of carbonyl (C=O) groups excluding carboxylic acids is 1. The lowest BCUT2D eigenvalue weighted by atomic mass is 10.0. The Morgan fingerprint density at radius 2 is 2.12 bits per heavy atom. The summed E-state index contributed by atoms with van der Waals surface area (Å²) < 4.78 is 1.90. The van der Waals surface area contributed by atoms with Crippen molar-refractivity contribution >= 4 is 29.3 Å². The van der Waals surface area contributed by atoms with Gasteiger partial charge in [0.15, 0.2) is 11.0 Å². The highest BCUT2D eigenvalue weighted by molar-refractivity contribution is 7.99. The molecule has 1 amide bonds. The summed E-state index contributed by atoms with van der Waals surface area (Å²) in [5.74, 6) is 1.30. The van der Waals surface area contributed by atoms with Crippen molar-refractivity contribution < 1.29 is 4.79 Å².